The highest BCUT2D eigenvalue weighted by atomic mass is 79.9. The van der Waals surface area contributed by atoms with Gasteiger partial charge in [0.25, 0.3) is 0 Å². The number of carbonyl (C=O) groups excluding carboxylic acids is 1. The summed E-state index contributed by atoms with van der Waals surface area (Å²) in [6.07, 6.45) is 2.52. The molecule has 1 fully saturated rings. The van der Waals surface area contributed by atoms with Gasteiger partial charge in [-0.05, 0) is 52.0 Å². The standard InChI is InChI=1S/C22H21Br2FN4O2/c1-12-5-17(19(25)20(12)30)28-22-16(8-26-11-27-22)21(31)14-7-18(24)29(10-14)9-13-3-2-4-15(23)6-13/h2-4,6-8,10-12,17,19-20,30H,5,9H2,1H3,(H,26,27,28)/t12-,17-,19-,20-/m1/s1. The van der Waals surface area contributed by atoms with Gasteiger partial charge in [0.15, 0.2) is 5.78 Å². The molecule has 6 nitrogen and oxygen atoms in total. The number of benzene rings is 1. The van der Waals surface area contributed by atoms with Crippen molar-refractivity contribution < 1.29 is 14.3 Å². The number of aromatic nitrogens is 3. The number of ketones is 1. The van der Waals surface area contributed by atoms with Crippen molar-refractivity contribution in [1.29, 1.82) is 0 Å². The maximum atomic E-state index is 14.4. The fraction of sp³-hybridized carbons (Fsp3) is 0.318. The highest BCUT2D eigenvalue weighted by Gasteiger charge is 2.41. The topological polar surface area (TPSA) is 80.0 Å². The van der Waals surface area contributed by atoms with Gasteiger partial charge in [-0.3, -0.25) is 4.79 Å². The molecule has 2 aromatic heterocycles. The zero-order chi connectivity index (χ0) is 22.1. The number of halogens is 3. The minimum Gasteiger partial charge on any atom is -0.390 e. The Morgan fingerprint density at radius 3 is 2.87 bits per heavy atom. The summed E-state index contributed by atoms with van der Waals surface area (Å²) in [6, 6.07) is 9.08. The molecule has 3 aromatic rings. The van der Waals surface area contributed by atoms with Crippen molar-refractivity contribution in [2.45, 2.75) is 38.2 Å². The van der Waals surface area contributed by atoms with Crippen LogP contribution in [0.25, 0.3) is 0 Å². The molecule has 0 bridgehead atoms. The molecule has 0 amide bonds. The Morgan fingerprint density at radius 2 is 2.16 bits per heavy atom. The Labute approximate surface area is 196 Å². The number of carbonyl (C=O) groups is 1. The highest BCUT2D eigenvalue weighted by molar-refractivity contribution is 9.10. The van der Waals surface area contributed by atoms with E-state index in [2.05, 4.69) is 47.1 Å². The molecule has 162 valence electrons. The van der Waals surface area contributed by atoms with Gasteiger partial charge in [-0.25, -0.2) is 14.4 Å². The highest BCUT2D eigenvalue weighted by Crippen LogP contribution is 2.31. The van der Waals surface area contributed by atoms with Crippen LogP contribution in [0.2, 0.25) is 0 Å². The van der Waals surface area contributed by atoms with E-state index in [1.807, 2.05) is 28.8 Å². The summed E-state index contributed by atoms with van der Waals surface area (Å²) in [5, 5.41) is 12.9. The second-order valence-corrected chi connectivity index (χ2v) is 9.55. The quantitative estimate of drug-likeness (QED) is 0.438. The first kappa shape index (κ1) is 22.1. The zero-order valence-electron chi connectivity index (χ0n) is 16.7. The van der Waals surface area contributed by atoms with Crippen molar-refractivity contribution >= 4 is 43.5 Å². The normalized spacial score (nSPS) is 23.1. The predicted molar refractivity (Wildman–Crippen MR) is 123 cm³/mol. The Hall–Kier alpha value is -2.10. The number of hydrogen-bond donors (Lipinski definition) is 2. The summed E-state index contributed by atoms with van der Waals surface area (Å²) in [5.41, 5.74) is 1.81. The third kappa shape index (κ3) is 4.73. The maximum Gasteiger partial charge on any atom is 0.199 e. The number of hydrogen-bond acceptors (Lipinski definition) is 5. The van der Waals surface area contributed by atoms with Crippen LogP contribution in [0.1, 0.15) is 34.8 Å². The Bertz CT molecular complexity index is 1110. The van der Waals surface area contributed by atoms with Crippen molar-refractivity contribution in [3.05, 3.63) is 74.8 Å². The van der Waals surface area contributed by atoms with Crippen LogP contribution >= 0.6 is 31.9 Å². The molecule has 4 atom stereocenters. The number of nitrogens with one attached hydrogen (secondary N) is 1. The van der Waals surface area contributed by atoms with Crippen molar-refractivity contribution in [1.82, 2.24) is 14.5 Å². The largest absolute Gasteiger partial charge is 0.390 e. The molecule has 0 spiro atoms. The van der Waals surface area contributed by atoms with Gasteiger partial charge in [0.05, 0.1) is 22.3 Å². The first-order valence-corrected chi connectivity index (χ1v) is 11.5. The Kier molecular flexibility index (Phi) is 6.55. The van der Waals surface area contributed by atoms with Crippen LogP contribution in [0.4, 0.5) is 10.2 Å². The second-order valence-electron chi connectivity index (χ2n) is 7.82. The third-order valence-corrected chi connectivity index (χ3v) is 6.72. The van der Waals surface area contributed by atoms with Crippen LogP contribution in [0.5, 0.6) is 0 Å². The molecule has 1 aromatic carbocycles. The van der Waals surface area contributed by atoms with Crippen LogP contribution in [0.3, 0.4) is 0 Å². The lowest BCUT2D eigenvalue weighted by Crippen LogP contribution is -2.32. The number of nitrogens with zero attached hydrogens (tertiary/aromatic N) is 3. The third-order valence-electron chi connectivity index (χ3n) is 5.55. The zero-order valence-corrected chi connectivity index (χ0v) is 19.8. The van der Waals surface area contributed by atoms with E-state index in [0.29, 0.717) is 18.5 Å². The number of alkyl halides is 1. The Morgan fingerprint density at radius 1 is 1.35 bits per heavy atom. The molecular formula is C22H21Br2FN4O2. The molecule has 31 heavy (non-hydrogen) atoms. The average molecular weight is 552 g/mol. The lowest BCUT2D eigenvalue weighted by Gasteiger charge is -2.18. The van der Waals surface area contributed by atoms with Crippen LogP contribution in [0.15, 0.2) is 58.1 Å². The second kappa shape index (κ2) is 9.18. The van der Waals surface area contributed by atoms with Gasteiger partial charge in [-0.1, -0.05) is 35.0 Å². The van der Waals surface area contributed by atoms with E-state index in [0.717, 1.165) is 14.6 Å². The summed E-state index contributed by atoms with van der Waals surface area (Å²) in [4.78, 5) is 21.4. The molecule has 0 unspecified atom stereocenters. The number of rotatable bonds is 6. The van der Waals surface area contributed by atoms with Crippen molar-refractivity contribution in [3.63, 3.8) is 0 Å². The molecule has 2 heterocycles. The molecule has 1 saturated carbocycles. The van der Waals surface area contributed by atoms with Crippen molar-refractivity contribution in [3.8, 4) is 0 Å². The maximum absolute atomic E-state index is 14.4. The van der Waals surface area contributed by atoms with Crippen LogP contribution in [-0.4, -0.2) is 43.7 Å². The monoisotopic (exact) mass is 550 g/mol. The molecule has 9 heteroatoms. The fourth-order valence-electron chi connectivity index (χ4n) is 3.86. The molecule has 4 rings (SSSR count). The smallest absolute Gasteiger partial charge is 0.199 e. The molecule has 0 saturated heterocycles. The lowest BCUT2D eigenvalue weighted by atomic mass is 10.1. The van der Waals surface area contributed by atoms with E-state index in [1.54, 1.807) is 19.2 Å². The summed E-state index contributed by atoms with van der Waals surface area (Å²) >= 11 is 6.99. The van der Waals surface area contributed by atoms with E-state index >= 15 is 0 Å². The van der Waals surface area contributed by atoms with Gasteiger partial charge in [-0.2, -0.15) is 0 Å². The van der Waals surface area contributed by atoms with E-state index in [4.69, 9.17) is 0 Å². The van der Waals surface area contributed by atoms with E-state index in [1.165, 1.54) is 12.5 Å². The first-order chi connectivity index (χ1) is 14.8. The van der Waals surface area contributed by atoms with Gasteiger partial charge >= 0.3 is 0 Å². The van der Waals surface area contributed by atoms with Crippen LogP contribution in [0, 0.1) is 5.92 Å². The average Bonchev–Trinajstić information content (AvgIpc) is 3.22. The SMILES string of the molecule is C[C@@H]1C[C@@H](Nc2ncncc2C(=O)c2cc(Br)n(Cc3cccc(Br)c3)c2)[C@@H](F)[C@@H]1O. The van der Waals surface area contributed by atoms with Crippen molar-refractivity contribution in [2.75, 3.05) is 5.32 Å². The predicted octanol–water partition coefficient (Wildman–Crippen LogP) is 4.60. The lowest BCUT2D eigenvalue weighted by molar-refractivity contribution is 0.0725. The molecule has 2 N–H and O–H groups in total. The summed E-state index contributed by atoms with van der Waals surface area (Å²) in [5.74, 6) is -0.167. The number of aliphatic hydroxyl groups is 1. The van der Waals surface area contributed by atoms with E-state index < -0.39 is 18.3 Å². The van der Waals surface area contributed by atoms with Gasteiger partial charge in [0.2, 0.25) is 0 Å². The number of anilines is 1. The van der Waals surface area contributed by atoms with E-state index in [-0.39, 0.29) is 23.1 Å². The number of aliphatic hydroxyl groups excluding tert-OH is 1. The summed E-state index contributed by atoms with van der Waals surface area (Å²) < 4.78 is 18.1. The molecule has 1 aliphatic rings. The van der Waals surface area contributed by atoms with Crippen LogP contribution in [-0.2, 0) is 6.54 Å². The van der Waals surface area contributed by atoms with E-state index in [9.17, 15) is 14.3 Å². The molecule has 1 aliphatic carbocycles. The molecule has 0 radical (unpaired) electrons. The molecule has 0 aliphatic heterocycles. The van der Waals surface area contributed by atoms with Crippen LogP contribution < -0.4 is 5.32 Å². The first-order valence-electron chi connectivity index (χ1n) is 9.87. The summed E-state index contributed by atoms with van der Waals surface area (Å²) in [6.45, 7) is 2.39. The minimum absolute atomic E-state index is 0.170. The van der Waals surface area contributed by atoms with Gasteiger partial charge < -0.3 is 15.0 Å². The summed E-state index contributed by atoms with van der Waals surface area (Å²) in [7, 11) is 0. The fourth-order valence-corrected chi connectivity index (χ4v) is 4.78. The minimum atomic E-state index is -1.42. The van der Waals surface area contributed by atoms with Gasteiger partial charge in [0.1, 0.15) is 18.3 Å². The van der Waals surface area contributed by atoms with Crippen molar-refractivity contribution in [2.24, 2.45) is 5.92 Å². The Balaban J connectivity index is 1.57. The van der Waals surface area contributed by atoms with Gasteiger partial charge in [-0.15, -0.1) is 0 Å². The van der Waals surface area contributed by atoms with Gasteiger partial charge in [0, 0.05) is 29.0 Å². The molecular weight excluding hydrogens is 531 g/mol.